The molecular formula is C40H53BN4O6. The molecule has 7 rings (SSSR count). The first-order valence-electron chi connectivity index (χ1n) is 18.6. The first-order chi connectivity index (χ1) is 24.1. The number of ketones is 2. The molecule has 1 saturated heterocycles. The molecule has 272 valence electrons. The molecule has 7 atom stereocenters. The van der Waals surface area contributed by atoms with Crippen LogP contribution in [0.1, 0.15) is 90.8 Å². The maximum atomic E-state index is 13.8. The summed E-state index contributed by atoms with van der Waals surface area (Å²) in [7, 11) is -0.528. The van der Waals surface area contributed by atoms with Gasteiger partial charge in [0.2, 0.25) is 17.5 Å². The van der Waals surface area contributed by atoms with Gasteiger partial charge < -0.3 is 19.9 Å². The summed E-state index contributed by atoms with van der Waals surface area (Å²) in [6, 6.07) is 16.3. The van der Waals surface area contributed by atoms with Crippen molar-refractivity contribution in [3.8, 4) is 0 Å². The fourth-order valence-corrected chi connectivity index (χ4v) is 8.65. The van der Waals surface area contributed by atoms with E-state index < -0.39 is 30.7 Å². The third kappa shape index (κ3) is 7.89. The quantitative estimate of drug-likeness (QED) is 0.213. The Balaban J connectivity index is 1.05. The van der Waals surface area contributed by atoms with E-state index in [1.807, 2.05) is 75.4 Å². The molecule has 2 aromatic rings. The van der Waals surface area contributed by atoms with Crippen LogP contribution in [0.3, 0.4) is 0 Å². The van der Waals surface area contributed by atoms with Gasteiger partial charge in [-0.15, -0.1) is 0 Å². The number of hydrogen-bond acceptors (Lipinski definition) is 8. The van der Waals surface area contributed by atoms with E-state index in [0.29, 0.717) is 11.8 Å². The molecule has 0 spiro atoms. The highest BCUT2D eigenvalue weighted by atomic mass is 16.7. The van der Waals surface area contributed by atoms with Crippen LogP contribution in [0.25, 0.3) is 0 Å². The highest BCUT2D eigenvalue weighted by Gasteiger charge is 2.67. The minimum atomic E-state index is -0.852. The largest absolute Gasteiger partial charge is 0.478 e. The number of Topliss-reactive ketones (excluding diaryl/α,β-unsaturated/α-hetero) is 2. The van der Waals surface area contributed by atoms with Crippen molar-refractivity contribution in [3.63, 3.8) is 0 Å². The van der Waals surface area contributed by atoms with E-state index in [0.717, 1.165) is 29.5 Å². The number of rotatable bonds is 16. The Morgan fingerprint density at radius 1 is 0.902 bits per heavy atom. The molecule has 2 bridgehead atoms. The lowest BCUT2D eigenvalue weighted by Gasteiger charge is -2.64. The molecule has 2 aliphatic heterocycles. The van der Waals surface area contributed by atoms with Crippen LogP contribution in [0.4, 0.5) is 0 Å². The number of carbonyl (C=O) groups excluding carboxylic acids is 4. The Kier molecular flexibility index (Phi) is 10.5. The molecule has 2 heterocycles. The summed E-state index contributed by atoms with van der Waals surface area (Å²) in [5, 5.41) is 14.1. The molecule has 10 nitrogen and oxygen atoms in total. The second-order valence-electron chi connectivity index (χ2n) is 16.7. The van der Waals surface area contributed by atoms with Crippen molar-refractivity contribution in [1.82, 2.24) is 10.6 Å². The molecule has 2 amide bonds. The lowest BCUT2D eigenvalue weighted by atomic mass is 9.43. The molecule has 4 fully saturated rings. The van der Waals surface area contributed by atoms with Crippen molar-refractivity contribution in [1.29, 1.82) is 0 Å². The monoisotopic (exact) mass is 696 g/mol. The maximum Gasteiger partial charge on any atom is 0.478 e. The zero-order chi connectivity index (χ0) is 36.7. The van der Waals surface area contributed by atoms with Crippen LogP contribution in [0, 0.1) is 35.0 Å². The first-order valence-corrected chi connectivity index (χ1v) is 18.6. The zero-order valence-electron chi connectivity index (χ0n) is 31.1. The third-order valence-corrected chi connectivity index (χ3v) is 12.3. The van der Waals surface area contributed by atoms with Crippen LogP contribution in [-0.4, -0.2) is 54.7 Å². The summed E-state index contributed by atoms with van der Waals surface area (Å²) < 4.78 is 12.7. The number of nitrogens with one attached hydrogen (secondary N) is 2. The molecule has 0 aromatic heterocycles. The van der Waals surface area contributed by atoms with E-state index in [2.05, 4.69) is 41.6 Å². The van der Waals surface area contributed by atoms with Gasteiger partial charge >= 0.3 is 7.12 Å². The average Bonchev–Trinajstić information content (AvgIpc) is 3.74. The predicted octanol–water partition coefficient (Wildman–Crippen LogP) is 5.81. The van der Waals surface area contributed by atoms with Gasteiger partial charge in [0.05, 0.1) is 24.2 Å². The van der Waals surface area contributed by atoms with Gasteiger partial charge in [0.1, 0.15) is 5.78 Å². The highest BCUT2D eigenvalue weighted by molar-refractivity contribution is 6.46. The van der Waals surface area contributed by atoms with E-state index in [9.17, 15) is 19.2 Å². The van der Waals surface area contributed by atoms with Crippen molar-refractivity contribution in [2.24, 2.45) is 45.2 Å². The van der Waals surface area contributed by atoms with Crippen molar-refractivity contribution >= 4 is 30.5 Å². The van der Waals surface area contributed by atoms with E-state index in [1.165, 1.54) is 0 Å². The average molecular weight is 697 g/mol. The number of benzene rings is 2. The van der Waals surface area contributed by atoms with Crippen LogP contribution in [0.5, 0.6) is 0 Å². The van der Waals surface area contributed by atoms with Crippen LogP contribution >= 0.6 is 0 Å². The molecule has 51 heavy (non-hydrogen) atoms. The smallest absolute Gasteiger partial charge is 0.404 e. The third-order valence-electron chi connectivity index (χ3n) is 12.3. The van der Waals surface area contributed by atoms with Gasteiger partial charge in [0.25, 0.3) is 0 Å². The fraction of sp³-hybridized carbons (Fsp3) is 0.600. The van der Waals surface area contributed by atoms with Crippen molar-refractivity contribution in [2.45, 2.75) is 110 Å². The summed E-state index contributed by atoms with van der Waals surface area (Å²) in [5.74, 6) is -1.22. The van der Waals surface area contributed by atoms with E-state index in [1.54, 1.807) is 6.92 Å². The van der Waals surface area contributed by atoms with Crippen molar-refractivity contribution in [2.75, 3.05) is 6.44 Å². The van der Waals surface area contributed by atoms with Gasteiger partial charge in [-0.05, 0) is 67.4 Å². The molecule has 0 radical (unpaired) electrons. The normalized spacial score (nSPS) is 26.7. The zero-order valence-corrected chi connectivity index (χ0v) is 31.1. The van der Waals surface area contributed by atoms with Gasteiger partial charge in [-0.2, -0.15) is 10.2 Å². The van der Waals surface area contributed by atoms with Crippen LogP contribution in [0.2, 0.25) is 0 Å². The first kappa shape index (κ1) is 37.1. The minimum Gasteiger partial charge on any atom is -0.404 e. The molecule has 3 aliphatic carbocycles. The van der Waals surface area contributed by atoms with Crippen LogP contribution in [0.15, 0.2) is 64.8 Å². The maximum absolute atomic E-state index is 13.8. The van der Waals surface area contributed by atoms with Gasteiger partial charge in [0, 0.05) is 36.7 Å². The van der Waals surface area contributed by atoms with E-state index >= 15 is 0 Å². The minimum absolute atomic E-state index is 0.0252. The molecule has 2 aromatic carbocycles. The van der Waals surface area contributed by atoms with Gasteiger partial charge in [-0.3, -0.25) is 19.2 Å². The molecule has 1 unspecified atom stereocenters. The Labute approximate surface area is 302 Å². The lowest BCUT2D eigenvalue weighted by molar-refractivity contribution is -0.199. The Bertz CT molecular complexity index is 1670. The van der Waals surface area contributed by atoms with Gasteiger partial charge in [-0.1, -0.05) is 89.2 Å². The fourth-order valence-electron chi connectivity index (χ4n) is 8.65. The number of carbonyl (C=O) groups is 4. The summed E-state index contributed by atoms with van der Waals surface area (Å²) in [4.78, 5) is 54.1. The summed E-state index contributed by atoms with van der Waals surface area (Å²) >= 11 is 0. The van der Waals surface area contributed by atoms with Gasteiger partial charge in [-0.25, -0.2) is 0 Å². The number of amides is 2. The van der Waals surface area contributed by atoms with Gasteiger partial charge in [0.15, 0.2) is 5.78 Å². The lowest BCUT2D eigenvalue weighted by Crippen LogP contribution is -2.65. The Morgan fingerprint density at radius 3 is 2.27 bits per heavy atom. The second kappa shape index (κ2) is 14.4. The molecule has 3 saturated carbocycles. The molecule has 5 aliphatic rings. The van der Waals surface area contributed by atoms with Crippen LogP contribution in [-0.2, 0) is 47.0 Å². The molecule has 11 heteroatoms. The van der Waals surface area contributed by atoms with E-state index in [4.69, 9.17) is 9.31 Å². The van der Waals surface area contributed by atoms with E-state index in [-0.39, 0.29) is 78.5 Å². The summed E-state index contributed by atoms with van der Waals surface area (Å²) in [5.41, 5.74) is 2.01. The van der Waals surface area contributed by atoms with Crippen molar-refractivity contribution < 1.29 is 28.5 Å². The van der Waals surface area contributed by atoms with Crippen LogP contribution < -0.4 is 10.6 Å². The number of nitrogens with zero attached hydrogens (tertiary/aromatic N) is 2. The standard InChI is InChI=1S/C40H53BN4O6/c1-24(2)31(22-30(46)18-27-14-11-15-28(17-27)40(7)44-45-40)37(49)43-32(19-26-12-9-8-10-13-26)33(47)16-25(3)36(48)42-23-41-50-35-21-29-20-34(38(29,4)5)39(35,6)51-41/h8-15,17,24-25,29,31-32,34-35H,16,18-23H2,1-7H3,(H,42,48)(H,43,49)/t25-,29?,31+,32+,34+,35-,39+/m1/s1. The number of hydrogen-bond donors (Lipinski definition) is 2. The van der Waals surface area contributed by atoms with Crippen molar-refractivity contribution in [3.05, 3.63) is 71.3 Å². The second-order valence-corrected chi connectivity index (χ2v) is 16.7. The predicted molar refractivity (Wildman–Crippen MR) is 194 cm³/mol. The molecule has 2 N–H and O–H groups in total. The Morgan fingerprint density at radius 2 is 1.61 bits per heavy atom. The Hall–Kier alpha value is -3.70. The summed E-state index contributed by atoms with van der Waals surface area (Å²) in [6.07, 6.45) is 2.83. The highest BCUT2D eigenvalue weighted by Crippen LogP contribution is 2.65. The topological polar surface area (TPSA) is 136 Å². The molecular weight excluding hydrogens is 643 g/mol. The summed E-state index contributed by atoms with van der Waals surface area (Å²) in [6.45, 7) is 14.2. The SMILES string of the molecule is CC(C)[C@H](CC(=O)Cc1cccc(C2(C)N=N2)c1)C(=O)N[C@@H](Cc1ccccc1)C(=O)C[C@@H](C)C(=O)NCB1O[C@@H]2CC3C[C@@H](C3(C)C)[C@]2(C)O1.